The highest BCUT2D eigenvalue weighted by Gasteiger charge is 2.58. The quantitative estimate of drug-likeness (QED) is 0.781. The zero-order valence-electron chi connectivity index (χ0n) is 12.9. The maximum absolute atomic E-state index is 5.91. The second-order valence-corrected chi connectivity index (χ2v) is 7.34. The van der Waals surface area contributed by atoms with Gasteiger partial charge in [0, 0.05) is 24.6 Å². The van der Waals surface area contributed by atoms with E-state index >= 15 is 0 Å². The van der Waals surface area contributed by atoms with Crippen molar-refractivity contribution in [2.75, 3.05) is 13.2 Å². The number of rotatable bonds is 6. The average Bonchev–Trinajstić information content (AvgIpc) is 2.19. The van der Waals surface area contributed by atoms with Gasteiger partial charge in [-0.05, 0) is 37.5 Å². The van der Waals surface area contributed by atoms with Gasteiger partial charge in [0.15, 0.2) is 0 Å². The van der Waals surface area contributed by atoms with E-state index in [0.717, 1.165) is 19.1 Å². The van der Waals surface area contributed by atoms with E-state index in [4.69, 9.17) is 4.74 Å². The van der Waals surface area contributed by atoms with E-state index in [-0.39, 0.29) is 0 Å². The summed E-state index contributed by atoms with van der Waals surface area (Å²) >= 11 is 0. The van der Waals surface area contributed by atoms with Crippen LogP contribution in [-0.4, -0.2) is 25.3 Å². The van der Waals surface area contributed by atoms with Crippen molar-refractivity contribution in [2.24, 2.45) is 16.7 Å². The van der Waals surface area contributed by atoms with Crippen molar-refractivity contribution >= 4 is 0 Å². The molecular formula is C16H31NO. The van der Waals surface area contributed by atoms with Crippen LogP contribution in [0.3, 0.4) is 0 Å². The fourth-order valence-corrected chi connectivity index (χ4v) is 3.32. The van der Waals surface area contributed by atoms with Crippen molar-refractivity contribution in [3.63, 3.8) is 0 Å². The van der Waals surface area contributed by atoms with Crippen LogP contribution in [0.15, 0.2) is 0 Å². The van der Waals surface area contributed by atoms with E-state index in [1.54, 1.807) is 0 Å². The molecule has 1 spiro atoms. The van der Waals surface area contributed by atoms with E-state index in [1.165, 1.54) is 25.7 Å². The van der Waals surface area contributed by atoms with Crippen LogP contribution in [-0.2, 0) is 4.74 Å². The summed E-state index contributed by atoms with van der Waals surface area (Å²) in [5, 5.41) is 3.84. The van der Waals surface area contributed by atoms with Gasteiger partial charge in [0.1, 0.15) is 0 Å². The molecule has 0 aromatic heterocycles. The minimum atomic E-state index is 0.391. The molecule has 0 aromatic rings. The zero-order chi connectivity index (χ0) is 13.4. The molecule has 2 saturated carbocycles. The maximum Gasteiger partial charge on any atom is 0.0661 e. The van der Waals surface area contributed by atoms with Crippen molar-refractivity contribution in [2.45, 2.75) is 72.4 Å². The Hall–Kier alpha value is -0.0800. The van der Waals surface area contributed by atoms with Crippen LogP contribution in [0.25, 0.3) is 0 Å². The van der Waals surface area contributed by atoms with Gasteiger partial charge in [-0.2, -0.15) is 0 Å². The highest BCUT2D eigenvalue weighted by molar-refractivity contribution is 5.12. The van der Waals surface area contributed by atoms with Crippen molar-refractivity contribution < 1.29 is 4.74 Å². The Morgan fingerprint density at radius 1 is 1.33 bits per heavy atom. The number of ether oxygens (including phenoxy) is 1. The van der Waals surface area contributed by atoms with Crippen LogP contribution in [0.1, 0.15) is 60.3 Å². The Kier molecular flexibility index (Phi) is 4.08. The summed E-state index contributed by atoms with van der Waals surface area (Å²) < 4.78 is 5.91. The molecule has 0 radical (unpaired) electrons. The van der Waals surface area contributed by atoms with Gasteiger partial charge in [-0.25, -0.2) is 0 Å². The summed E-state index contributed by atoms with van der Waals surface area (Å²) in [4.78, 5) is 0. The van der Waals surface area contributed by atoms with Crippen LogP contribution in [0.2, 0.25) is 0 Å². The molecule has 0 bridgehead atoms. The third-order valence-corrected chi connectivity index (χ3v) is 5.80. The predicted octanol–water partition coefficient (Wildman–Crippen LogP) is 3.61. The summed E-state index contributed by atoms with van der Waals surface area (Å²) in [6.45, 7) is 13.5. The van der Waals surface area contributed by atoms with Crippen LogP contribution >= 0.6 is 0 Å². The van der Waals surface area contributed by atoms with E-state index in [0.29, 0.717) is 23.0 Å². The Labute approximate surface area is 113 Å². The largest absolute Gasteiger partial charge is 0.378 e. The van der Waals surface area contributed by atoms with Crippen molar-refractivity contribution in [1.29, 1.82) is 0 Å². The van der Waals surface area contributed by atoms with Gasteiger partial charge in [-0.3, -0.25) is 0 Å². The summed E-state index contributed by atoms with van der Waals surface area (Å²) in [7, 11) is 0. The monoisotopic (exact) mass is 253 g/mol. The Morgan fingerprint density at radius 2 is 2.00 bits per heavy atom. The van der Waals surface area contributed by atoms with Gasteiger partial charge in [0.05, 0.1) is 6.10 Å². The molecule has 2 rings (SSSR count). The minimum Gasteiger partial charge on any atom is -0.378 e. The van der Waals surface area contributed by atoms with Gasteiger partial charge in [0.25, 0.3) is 0 Å². The molecule has 0 heterocycles. The lowest BCUT2D eigenvalue weighted by Gasteiger charge is -2.61. The van der Waals surface area contributed by atoms with Gasteiger partial charge in [-0.1, -0.05) is 34.1 Å². The molecular weight excluding hydrogens is 222 g/mol. The molecule has 2 heteroatoms. The van der Waals surface area contributed by atoms with Crippen molar-refractivity contribution in [1.82, 2.24) is 5.32 Å². The number of hydrogen-bond donors (Lipinski definition) is 1. The fourth-order valence-electron chi connectivity index (χ4n) is 3.32. The summed E-state index contributed by atoms with van der Waals surface area (Å²) in [5.41, 5.74) is 0.894. The van der Waals surface area contributed by atoms with E-state index in [2.05, 4.69) is 39.9 Å². The lowest BCUT2D eigenvalue weighted by Crippen LogP contribution is -2.67. The Morgan fingerprint density at radius 3 is 2.44 bits per heavy atom. The van der Waals surface area contributed by atoms with Crippen LogP contribution < -0.4 is 5.32 Å². The van der Waals surface area contributed by atoms with E-state index in [1.807, 2.05) is 0 Å². The molecule has 2 aliphatic rings. The first-order valence-electron chi connectivity index (χ1n) is 7.77. The molecule has 0 aliphatic heterocycles. The minimum absolute atomic E-state index is 0.391. The standard InChI is InChI=1S/C16H31NO/c1-6-18-14-10-13(16(14)8-7-9-16)17-11-15(4,5)12(2)3/h12-14,17H,6-11H2,1-5H3. The highest BCUT2D eigenvalue weighted by atomic mass is 16.5. The third kappa shape index (κ3) is 2.34. The molecule has 18 heavy (non-hydrogen) atoms. The smallest absolute Gasteiger partial charge is 0.0661 e. The lowest BCUT2D eigenvalue weighted by molar-refractivity contribution is -0.174. The van der Waals surface area contributed by atoms with E-state index < -0.39 is 0 Å². The maximum atomic E-state index is 5.91. The number of nitrogens with one attached hydrogen (secondary N) is 1. The lowest BCUT2D eigenvalue weighted by atomic mass is 9.51. The summed E-state index contributed by atoms with van der Waals surface area (Å²) in [6.07, 6.45) is 5.91. The molecule has 1 N–H and O–H groups in total. The molecule has 0 saturated heterocycles. The zero-order valence-corrected chi connectivity index (χ0v) is 12.9. The average molecular weight is 253 g/mol. The van der Waals surface area contributed by atoms with Gasteiger partial charge in [-0.15, -0.1) is 0 Å². The van der Waals surface area contributed by atoms with Gasteiger partial charge in [0.2, 0.25) is 0 Å². The molecule has 2 nitrogen and oxygen atoms in total. The fraction of sp³-hybridized carbons (Fsp3) is 1.00. The molecule has 2 aliphatic carbocycles. The first-order valence-corrected chi connectivity index (χ1v) is 7.77. The molecule has 0 amide bonds. The van der Waals surface area contributed by atoms with Crippen LogP contribution in [0.5, 0.6) is 0 Å². The summed E-state index contributed by atoms with van der Waals surface area (Å²) in [6, 6.07) is 0.709. The second kappa shape index (κ2) is 5.13. The van der Waals surface area contributed by atoms with Crippen molar-refractivity contribution in [3.05, 3.63) is 0 Å². The highest BCUT2D eigenvalue weighted by Crippen LogP contribution is 2.57. The molecule has 2 atom stereocenters. The Balaban J connectivity index is 1.85. The topological polar surface area (TPSA) is 21.3 Å². The third-order valence-electron chi connectivity index (χ3n) is 5.80. The first-order chi connectivity index (χ1) is 8.42. The second-order valence-electron chi connectivity index (χ2n) is 7.34. The summed E-state index contributed by atoms with van der Waals surface area (Å²) in [5.74, 6) is 0.727. The molecule has 0 aromatic carbocycles. The first kappa shape index (κ1) is 14.3. The molecule has 106 valence electrons. The molecule has 2 fully saturated rings. The van der Waals surface area contributed by atoms with Crippen LogP contribution in [0, 0.1) is 16.7 Å². The van der Waals surface area contributed by atoms with Gasteiger partial charge >= 0.3 is 0 Å². The SMILES string of the molecule is CCOC1CC(NCC(C)(C)C(C)C)C12CCC2. The van der Waals surface area contributed by atoms with Crippen LogP contribution in [0.4, 0.5) is 0 Å². The van der Waals surface area contributed by atoms with E-state index in [9.17, 15) is 0 Å². The van der Waals surface area contributed by atoms with Crippen molar-refractivity contribution in [3.8, 4) is 0 Å². The number of hydrogen-bond acceptors (Lipinski definition) is 2. The normalized spacial score (nSPS) is 30.3. The Bertz CT molecular complexity index is 281. The molecule has 2 unspecified atom stereocenters. The predicted molar refractivity (Wildman–Crippen MR) is 76.7 cm³/mol. The van der Waals surface area contributed by atoms with Gasteiger partial charge < -0.3 is 10.1 Å².